The lowest BCUT2D eigenvalue weighted by atomic mass is 10.0. The molecular weight excluding hydrogens is 662 g/mol. The lowest BCUT2D eigenvalue weighted by Gasteiger charge is -2.35. The second-order valence-corrected chi connectivity index (χ2v) is 15.3. The molecule has 1 N–H and O–H groups in total. The number of halogens is 1. The minimum absolute atomic E-state index is 0.00550. The fourth-order valence-electron chi connectivity index (χ4n) is 5.57. The first-order valence-electron chi connectivity index (χ1n) is 15.8. The van der Waals surface area contributed by atoms with E-state index >= 15 is 0 Å². The fraction of sp³-hybridized carbons (Fsp3) is 0.316. The SMILES string of the molecule is COc1ccc(S(=O)(=O)N(CC(=O)N(Cc2cccc(Cl)c2)[C@@H](Cc2ccccc2)C(=O)NC(C)(C)C)c2cc(C)cc(C)c2)cc1OC. The van der Waals surface area contributed by atoms with Gasteiger partial charge in [-0.25, -0.2) is 8.42 Å². The van der Waals surface area contributed by atoms with E-state index in [0.29, 0.717) is 22.0 Å². The summed E-state index contributed by atoms with van der Waals surface area (Å²) in [6.45, 7) is 8.73. The van der Waals surface area contributed by atoms with Crippen LogP contribution in [0.5, 0.6) is 11.5 Å². The largest absolute Gasteiger partial charge is 0.493 e. The molecule has 0 fully saturated rings. The van der Waals surface area contributed by atoms with Gasteiger partial charge in [0, 0.05) is 29.6 Å². The first-order chi connectivity index (χ1) is 23.1. The van der Waals surface area contributed by atoms with Gasteiger partial charge in [-0.1, -0.05) is 60.1 Å². The number of methoxy groups -OCH3 is 2. The molecule has 0 unspecified atom stereocenters. The van der Waals surface area contributed by atoms with Crippen LogP contribution in [-0.2, 0) is 32.6 Å². The van der Waals surface area contributed by atoms with Crippen LogP contribution in [0.3, 0.4) is 0 Å². The third-order valence-corrected chi connectivity index (χ3v) is 9.73. The van der Waals surface area contributed by atoms with Gasteiger partial charge in [-0.3, -0.25) is 13.9 Å². The maximum Gasteiger partial charge on any atom is 0.264 e. The predicted octanol–water partition coefficient (Wildman–Crippen LogP) is 6.72. The van der Waals surface area contributed by atoms with Crippen molar-refractivity contribution in [1.82, 2.24) is 10.2 Å². The number of carbonyl (C=O) groups is 2. The summed E-state index contributed by atoms with van der Waals surface area (Å²) in [4.78, 5) is 30.2. The van der Waals surface area contributed by atoms with Gasteiger partial charge in [-0.15, -0.1) is 0 Å². The highest BCUT2D eigenvalue weighted by atomic mass is 35.5. The van der Waals surface area contributed by atoms with Crippen molar-refractivity contribution >= 4 is 39.1 Å². The topological polar surface area (TPSA) is 105 Å². The van der Waals surface area contributed by atoms with Gasteiger partial charge in [-0.2, -0.15) is 0 Å². The van der Waals surface area contributed by atoms with Crippen molar-refractivity contribution in [2.45, 2.75) is 64.1 Å². The van der Waals surface area contributed by atoms with Crippen molar-refractivity contribution in [3.05, 3.63) is 118 Å². The van der Waals surface area contributed by atoms with Crippen LogP contribution in [0.25, 0.3) is 0 Å². The Morgan fingerprint density at radius 3 is 2.04 bits per heavy atom. The van der Waals surface area contributed by atoms with Gasteiger partial charge in [0.2, 0.25) is 11.8 Å². The van der Waals surface area contributed by atoms with E-state index in [4.69, 9.17) is 21.1 Å². The number of nitrogens with one attached hydrogen (secondary N) is 1. The van der Waals surface area contributed by atoms with E-state index in [1.807, 2.05) is 77.1 Å². The number of anilines is 1. The molecule has 0 bridgehead atoms. The van der Waals surface area contributed by atoms with Gasteiger partial charge in [0.1, 0.15) is 12.6 Å². The van der Waals surface area contributed by atoms with E-state index in [9.17, 15) is 18.0 Å². The minimum atomic E-state index is -4.36. The van der Waals surface area contributed by atoms with Crippen LogP contribution in [-0.4, -0.2) is 57.5 Å². The highest BCUT2D eigenvalue weighted by Crippen LogP contribution is 2.33. The molecule has 4 rings (SSSR count). The van der Waals surface area contributed by atoms with Crippen molar-refractivity contribution in [2.24, 2.45) is 0 Å². The third kappa shape index (κ3) is 9.77. The van der Waals surface area contributed by atoms with Gasteiger partial charge in [0.05, 0.1) is 24.8 Å². The summed E-state index contributed by atoms with van der Waals surface area (Å²) in [7, 11) is -1.48. The molecule has 0 saturated carbocycles. The summed E-state index contributed by atoms with van der Waals surface area (Å²) < 4.78 is 40.9. The Kier molecular flexibility index (Phi) is 12.0. The van der Waals surface area contributed by atoms with E-state index in [2.05, 4.69) is 5.32 Å². The normalized spacial score (nSPS) is 12.2. The average molecular weight is 706 g/mol. The monoisotopic (exact) mass is 705 g/mol. The second-order valence-electron chi connectivity index (χ2n) is 13.0. The first-order valence-corrected chi connectivity index (χ1v) is 17.7. The minimum Gasteiger partial charge on any atom is -0.493 e. The summed E-state index contributed by atoms with van der Waals surface area (Å²) in [6.07, 6.45) is 0.195. The van der Waals surface area contributed by atoms with E-state index in [0.717, 1.165) is 21.0 Å². The predicted molar refractivity (Wildman–Crippen MR) is 194 cm³/mol. The zero-order valence-corrected chi connectivity index (χ0v) is 30.6. The zero-order valence-electron chi connectivity index (χ0n) is 29.0. The Labute approximate surface area is 294 Å². The van der Waals surface area contributed by atoms with Gasteiger partial charge in [0.15, 0.2) is 11.5 Å². The van der Waals surface area contributed by atoms with Crippen LogP contribution >= 0.6 is 11.6 Å². The zero-order chi connectivity index (χ0) is 35.9. The lowest BCUT2D eigenvalue weighted by Crippen LogP contribution is -2.56. The molecule has 0 heterocycles. The molecule has 1 atom stereocenters. The Hall–Kier alpha value is -4.54. The number of amides is 2. The van der Waals surface area contributed by atoms with Gasteiger partial charge in [0.25, 0.3) is 10.0 Å². The Bertz CT molecular complexity index is 1870. The molecule has 4 aromatic carbocycles. The molecule has 0 radical (unpaired) electrons. The van der Waals surface area contributed by atoms with Crippen LogP contribution in [0.2, 0.25) is 5.02 Å². The average Bonchev–Trinajstić information content (AvgIpc) is 3.03. The van der Waals surface area contributed by atoms with Gasteiger partial charge in [-0.05, 0) is 93.3 Å². The van der Waals surface area contributed by atoms with Gasteiger partial charge >= 0.3 is 0 Å². The third-order valence-electron chi connectivity index (χ3n) is 7.73. The van der Waals surface area contributed by atoms with Gasteiger partial charge < -0.3 is 19.7 Å². The molecule has 0 aromatic heterocycles. The fourth-order valence-corrected chi connectivity index (χ4v) is 7.19. The lowest BCUT2D eigenvalue weighted by molar-refractivity contribution is -0.140. The number of aryl methyl sites for hydroxylation is 2. The number of nitrogens with zero attached hydrogens (tertiary/aromatic N) is 2. The molecule has 0 aliphatic carbocycles. The molecule has 0 aliphatic heterocycles. The molecule has 0 spiro atoms. The number of rotatable bonds is 13. The summed E-state index contributed by atoms with van der Waals surface area (Å²) in [5.74, 6) is -0.364. The Balaban J connectivity index is 1.87. The molecule has 260 valence electrons. The molecule has 0 saturated heterocycles. The Morgan fingerprint density at radius 2 is 1.45 bits per heavy atom. The summed E-state index contributed by atoms with van der Waals surface area (Å²) >= 11 is 6.35. The van der Waals surface area contributed by atoms with Crippen molar-refractivity contribution in [1.29, 1.82) is 0 Å². The maximum atomic E-state index is 14.8. The molecule has 0 aliphatic rings. The smallest absolute Gasteiger partial charge is 0.264 e. The number of carbonyl (C=O) groups excluding carboxylic acids is 2. The van der Waals surface area contributed by atoms with Crippen molar-refractivity contribution < 1.29 is 27.5 Å². The number of benzene rings is 4. The Morgan fingerprint density at radius 1 is 0.816 bits per heavy atom. The van der Waals surface area contributed by atoms with E-state index in [1.54, 1.807) is 30.3 Å². The van der Waals surface area contributed by atoms with E-state index in [-0.39, 0.29) is 29.5 Å². The number of hydrogen-bond donors (Lipinski definition) is 1. The molecule has 9 nitrogen and oxygen atoms in total. The summed E-state index contributed by atoms with van der Waals surface area (Å²) in [6, 6.07) is 25.1. The number of sulfonamides is 1. The second kappa shape index (κ2) is 15.8. The van der Waals surface area contributed by atoms with Crippen LogP contribution in [0.15, 0.2) is 95.9 Å². The summed E-state index contributed by atoms with van der Waals surface area (Å²) in [5, 5.41) is 3.50. The van der Waals surface area contributed by atoms with Crippen LogP contribution in [0.4, 0.5) is 5.69 Å². The summed E-state index contributed by atoms with van der Waals surface area (Å²) in [5.41, 5.74) is 2.86. The van der Waals surface area contributed by atoms with Crippen LogP contribution in [0.1, 0.15) is 43.0 Å². The number of hydrogen-bond acceptors (Lipinski definition) is 6. The van der Waals surface area contributed by atoms with Crippen LogP contribution < -0.4 is 19.1 Å². The van der Waals surface area contributed by atoms with Crippen molar-refractivity contribution in [2.75, 3.05) is 25.1 Å². The standard InChI is InChI=1S/C38H44ClN3O6S/c1-26-18-27(2)20-31(19-26)42(49(45,46)32-16-17-34(47-6)35(23-32)48-7)25-36(43)41(24-29-14-11-15-30(39)21-29)33(37(44)40-38(3,4)5)22-28-12-9-8-10-13-28/h8-21,23,33H,22,24-25H2,1-7H3,(H,40,44)/t33-/m0/s1. The number of ether oxygens (including phenoxy) is 2. The molecule has 2 amide bonds. The van der Waals surface area contributed by atoms with Crippen LogP contribution in [0, 0.1) is 13.8 Å². The highest BCUT2D eigenvalue weighted by Gasteiger charge is 2.36. The molecule has 49 heavy (non-hydrogen) atoms. The van der Waals surface area contributed by atoms with E-state index in [1.165, 1.54) is 37.3 Å². The van der Waals surface area contributed by atoms with Crippen molar-refractivity contribution in [3.8, 4) is 11.5 Å². The first kappa shape index (κ1) is 37.3. The molecular formula is C38H44ClN3O6S. The van der Waals surface area contributed by atoms with E-state index < -0.39 is 34.1 Å². The molecule has 4 aromatic rings. The highest BCUT2D eigenvalue weighted by molar-refractivity contribution is 7.92. The maximum absolute atomic E-state index is 14.8. The molecule has 11 heteroatoms. The van der Waals surface area contributed by atoms with Crippen molar-refractivity contribution in [3.63, 3.8) is 0 Å². The quantitative estimate of drug-likeness (QED) is 0.166.